The lowest BCUT2D eigenvalue weighted by atomic mass is 10.1. The normalized spacial score (nSPS) is 24.1. The van der Waals surface area contributed by atoms with Crippen LogP contribution < -0.4 is 5.73 Å². The predicted molar refractivity (Wildman–Crippen MR) is 76.9 cm³/mol. The molecule has 1 aliphatic heterocycles. The molecule has 19 heavy (non-hydrogen) atoms. The van der Waals surface area contributed by atoms with Crippen molar-refractivity contribution in [3.8, 4) is 0 Å². The Morgan fingerprint density at radius 3 is 2.95 bits per heavy atom. The molecule has 2 N–H and O–H groups in total. The fourth-order valence-corrected chi connectivity index (χ4v) is 2.57. The third kappa shape index (κ3) is 3.96. The Labute approximate surface area is 115 Å². The molecule has 2 atom stereocenters. The minimum atomic E-state index is 0.136. The van der Waals surface area contributed by atoms with Crippen molar-refractivity contribution in [1.29, 1.82) is 0 Å². The molecule has 0 saturated carbocycles. The van der Waals surface area contributed by atoms with E-state index in [4.69, 9.17) is 10.7 Å². The Hall–Kier alpha value is -1.04. The Morgan fingerprint density at radius 2 is 2.21 bits per heavy atom. The minimum absolute atomic E-state index is 0.136. The largest absolute Gasteiger partial charge is 0.328 e. The van der Waals surface area contributed by atoms with E-state index in [1.54, 1.807) is 0 Å². The van der Waals surface area contributed by atoms with Gasteiger partial charge in [0, 0.05) is 30.9 Å². The second-order valence-electron chi connectivity index (χ2n) is 5.70. The molecular weight excluding hydrogens is 238 g/mol. The smallest absolute Gasteiger partial charge is 0.146 e. The Kier molecular flexibility index (Phi) is 4.85. The fourth-order valence-electron chi connectivity index (χ4n) is 2.57. The average Bonchev–Trinajstić information content (AvgIpc) is 2.51. The maximum absolute atomic E-state index is 5.85. The molecule has 1 aromatic heterocycles. The van der Waals surface area contributed by atoms with Crippen LogP contribution in [0.25, 0.3) is 0 Å². The van der Waals surface area contributed by atoms with E-state index in [2.05, 4.69) is 28.9 Å². The predicted octanol–water partition coefficient (Wildman–Crippen LogP) is 0.675. The van der Waals surface area contributed by atoms with Gasteiger partial charge in [0.2, 0.25) is 0 Å². The van der Waals surface area contributed by atoms with E-state index in [0.717, 1.165) is 37.6 Å². The highest BCUT2D eigenvalue weighted by atomic mass is 15.2. The van der Waals surface area contributed by atoms with Crippen LogP contribution >= 0.6 is 0 Å². The maximum atomic E-state index is 5.85. The third-order valence-electron chi connectivity index (χ3n) is 3.63. The maximum Gasteiger partial charge on any atom is 0.146 e. The van der Waals surface area contributed by atoms with E-state index in [0.29, 0.717) is 0 Å². The Bertz CT molecular complexity index is 407. The summed E-state index contributed by atoms with van der Waals surface area (Å²) >= 11 is 0. The number of nitrogens with two attached hydrogens (primary N) is 1. The number of hydrogen-bond donors (Lipinski definition) is 1. The van der Waals surface area contributed by atoms with Crippen LogP contribution in [0.3, 0.4) is 0 Å². The SMILES string of the molecule is CC(N)Cc1ccnc(C2CN(C)CCCN2C)n1. The number of likely N-dealkylation sites (N-methyl/N-ethyl adjacent to an activating group) is 2. The van der Waals surface area contributed by atoms with Crippen molar-refractivity contribution in [3.63, 3.8) is 0 Å². The van der Waals surface area contributed by atoms with Crippen LogP contribution in [0.5, 0.6) is 0 Å². The highest BCUT2D eigenvalue weighted by Crippen LogP contribution is 2.20. The third-order valence-corrected chi connectivity index (χ3v) is 3.63. The van der Waals surface area contributed by atoms with Crippen molar-refractivity contribution in [2.45, 2.75) is 31.8 Å². The van der Waals surface area contributed by atoms with Crippen molar-refractivity contribution in [2.75, 3.05) is 33.7 Å². The lowest BCUT2D eigenvalue weighted by Crippen LogP contribution is -2.32. The molecule has 106 valence electrons. The van der Waals surface area contributed by atoms with Gasteiger partial charge in [-0.15, -0.1) is 0 Å². The molecule has 2 unspecified atom stereocenters. The monoisotopic (exact) mass is 263 g/mol. The van der Waals surface area contributed by atoms with Crippen LogP contribution in [0.4, 0.5) is 0 Å². The van der Waals surface area contributed by atoms with Gasteiger partial charge in [-0.3, -0.25) is 4.90 Å². The zero-order chi connectivity index (χ0) is 13.8. The summed E-state index contributed by atoms with van der Waals surface area (Å²) in [6.07, 6.45) is 3.86. The molecule has 0 spiro atoms. The summed E-state index contributed by atoms with van der Waals surface area (Å²) < 4.78 is 0. The zero-order valence-electron chi connectivity index (χ0n) is 12.2. The van der Waals surface area contributed by atoms with E-state index >= 15 is 0 Å². The summed E-state index contributed by atoms with van der Waals surface area (Å²) in [4.78, 5) is 13.9. The number of aromatic nitrogens is 2. The van der Waals surface area contributed by atoms with Gasteiger partial charge in [0.25, 0.3) is 0 Å². The molecule has 0 radical (unpaired) electrons. The molecule has 5 nitrogen and oxygen atoms in total. The summed E-state index contributed by atoms with van der Waals surface area (Å²) in [6, 6.07) is 2.38. The van der Waals surface area contributed by atoms with Gasteiger partial charge < -0.3 is 10.6 Å². The highest BCUT2D eigenvalue weighted by molar-refractivity contribution is 5.07. The molecule has 0 aliphatic carbocycles. The van der Waals surface area contributed by atoms with Crippen molar-refractivity contribution in [3.05, 3.63) is 23.8 Å². The van der Waals surface area contributed by atoms with Crippen LogP contribution in [0, 0.1) is 0 Å². The summed E-state index contributed by atoms with van der Waals surface area (Å²) in [7, 11) is 4.32. The Balaban J connectivity index is 2.18. The standard InChI is InChI=1S/C14H25N5/c1-11(15)9-12-5-6-16-14(17-12)13-10-18(2)7-4-8-19(13)3/h5-6,11,13H,4,7-10,15H2,1-3H3. The van der Waals surface area contributed by atoms with Gasteiger partial charge in [0.15, 0.2) is 0 Å². The molecule has 0 bridgehead atoms. The van der Waals surface area contributed by atoms with Gasteiger partial charge in [-0.25, -0.2) is 9.97 Å². The molecule has 1 aromatic rings. The second-order valence-corrected chi connectivity index (χ2v) is 5.70. The van der Waals surface area contributed by atoms with Crippen LogP contribution in [0.1, 0.15) is 30.9 Å². The minimum Gasteiger partial charge on any atom is -0.328 e. The first-order valence-electron chi connectivity index (χ1n) is 7.02. The molecular formula is C14H25N5. The quantitative estimate of drug-likeness (QED) is 0.869. The van der Waals surface area contributed by atoms with Gasteiger partial charge in [-0.2, -0.15) is 0 Å². The Morgan fingerprint density at radius 1 is 1.42 bits per heavy atom. The van der Waals surface area contributed by atoms with Gasteiger partial charge in [0.05, 0.1) is 6.04 Å². The van der Waals surface area contributed by atoms with E-state index in [1.165, 1.54) is 6.42 Å². The van der Waals surface area contributed by atoms with Gasteiger partial charge in [0.1, 0.15) is 5.82 Å². The van der Waals surface area contributed by atoms with Crippen LogP contribution in [0.15, 0.2) is 12.3 Å². The first-order valence-corrected chi connectivity index (χ1v) is 7.02. The van der Waals surface area contributed by atoms with Crippen LogP contribution in [-0.2, 0) is 6.42 Å². The molecule has 2 rings (SSSR count). The van der Waals surface area contributed by atoms with Crippen molar-refractivity contribution in [1.82, 2.24) is 19.8 Å². The zero-order valence-corrected chi connectivity index (χ0v) is 12.2. The summed E-state index contributed by atoms with van der Waals surface area (Å²) in [5.74, 6) is 0.925. The second kappa shape index (κ2) is 6.41. The van der Waals surface area contributed by atoms with Crippen LogP contribution in [-0.4, -0.2) is 59.5 Å². The molecule has 0 amide bonds. The lowest BCUT2D eigenvalue weighted by Gasteiger charge is -2.26. The van der Waals surface area contributed by atoms with Crippen molar-refractivity contribution < 1.29 is 0 Å². The first kappa shape index (κ1) is 14.4. The van der Waals surface area contributed by atoms with Crippen molar-refractivity contribution in [2.24, 2.45) is 5.73 Å². The van der Waals surface area contributed by atoms with E-state index in [9.17, 15) is 0 Å². The van der Waals surface area contributed by atoms with E-state index in [1.807, 2.05) is 19.2 Å². The molecule has 0 aromatic carbocycles. The number of hydrogen-bond acceptors (Lipinski definition) is 5. The fraction of sp³-hybridized carbons (Fsp3) is 0.714. The first-order chi connectivity index (χ1) is 9.06. The molecule has 5 heteroatoms. The molecule has 1 saturated heterocycles. The van der Waals surface area contributed by atoms with Gasteiger partial charge in [-0.1, -0.05) is 0 Å². The van der Waals surface area contributed by atoms with Crippen LogP contribution in [0.2, 0.25) is 0 Å². The average molecular weight is 263 g/mol. The summed E-state index contributed by atoms with van der Waals surface area (Å²) in [6.45, 7) is 5.22. The highest BCUT2D eigenvalue weighted by Gasteiger charge is 2.24. The van der Waals surface area contributed by atoms with Gasteiger partial charge >= 0.3 is 0 Å². The molecule has 1 fully saturated rings. The summed E-state index contributed by atoms with van der Waals surface area (Å²) in [5, 5.41) is 0. The molecule has 2 heterocycles. The summed E-state index contributed by atoms with van der Waals surface area (Å²) in [5.41, 5.74) is 6.89. The topological polar surface area (TPSA) is 58.3 Å². The molecule has 1 aliphatic rings. The number of nitrogens with zero attached hydrogens (tertiary/aromatic N) is 4. The van der Waals surface area contributed by atoms with Gasteiger partial charge in [-0.05, 0) is 46.6 Å². The van der Waals surface area contributed by atoms with Crippen molar-refractivity contribution >= 4 is 0 Å². The van der Waals surface area contributed by atoms with E-state index in [-0.39, 0.29) is 12.1 Å². The van der Waals surface area contributed by atoms with E-state index < -0.39 is 0 Å². The lowest BCUT2D eigenvalue weighted by molar-refractivity contribution is 0.219. The number of rotatable bonds is 3.